The Labute approximate surface area is 93.2 Å². The predicted octanol–water partition coefficient (Wildman–Crippen LogP) is 3.05. The molecule has 0 spiro atoms. The maximum atomic E-state index is 12.7. The molecule has 0 radical (unpaired) electrons. The van der Waals surface area contributed by atoms with Crippen LogP contribution in [0.15, 0.2) is 18.2 Å². The normalized spacial score (nSPS) is 12.9. The molecule has 0 heterocycles. The van der Waals surface area contributed by atoms with Crippen molar-refractivity contribution in [3.8, 4) is 11.8 Å². The summed E-state index contributed by atoms with van der Waals surface area (Å²) in [7, 11) is 0. The second-order valence-electron chi connectivity index (χ2n) is 3.14. The molecule has 0 fully saturated rings. The first kappa shape index (κ1) is 13.2. The van der Waals surface area contributed by atoms with Crippen molar-refractivity contribution in [2.24, 2.45) is 5.92 Å². The molecule has 0 saturated carbocycles. The fraction of sp³-hybridized carbons (Fsp3) is 0.300. The molecule has 0 aliphatic rings. The molecule has 1 aromatic carbocycles. The first-order valence-corrected chi connectivity index (χ1v) is 4.38. The van der Waals surface area contributed by atoms with Gasteiger partial charge in [-0.2, -0.15) is 18.4 Å². The van der Waals surface area contributed by atoms with Crippen LogP contribution in [0.25, 0.3) is 0 Å². The zero-order valence-electron chi connectivity index (χ0n) is 8.26. The lowest BCUT2D eigenvalue weighted by atomic mass is 10.2. The Hall–Kier alpha value is -1.84. The van der Waals surface area contributed by atoms with E-state index in [0.29, 0.717) is 6.07 Å². The minimum absolute atomic E-state index is 0.396. The van der Waals surface area contributed by atoms with Gasteiger partial charge in [-0.05, 0) is 0 Å². The predicted molar refractivity (Wildman–Crippen MR) is 47.0 cm³/mol. The average molecular weight is 251 g/mol. The molecule has 1 unspecified atom stereocenters. The van der Waals surface area contributed by atoms with E-state index in [9.17, 15) is 22.0 Å². The van der Waals surface area contributed by atoms with Crippen LogP contribution >= 0.6 is 0 Å². The van der Waals surface area contributed by atoms with Crippen LogP contribution in [0.1, 0.15) is 0 Å². The number of rotatable bonds is 3. The number of alkyl halides is 3. The Morgan fingerprint density at radius 3 is 2.12 bits per heavy atom. The van der Waals surface area contributed by atoms with E-state index in [1.807, 2.05) is 0 Å². The maximum Gasteiger partial charge on any atom is 0.407 e. The highest BCUT2D eigenvalue weighted by atomic mass is 19.4. The third kappa shape index (κ3) is 3.90. The van der Waals surface area contributed by atoms with Gasteiger partial charge >= 0.3 is 6.18 Å². The molecule has 0 saturated heterocycles. The molecule has 2 nitrogen and oxygen atoms in total. The molecule has 7 heteroatoms. The van der Waals surface area contributed by atoms with Crippen LogP contribution in [0.2, 0.25) is 0 Å². The molecule has 0 N–H and O–H groups in total. The smallest absolute Gasteiger partial charge is 0.407 e. The quantitative estimate of drug-likeness (QED) is 0.773. The molecule has 17 heavy (non-hydrogen) atoms. The fourth-order valence-electron chi connectivity index (χ4n) is 0.996. The zero-order chi connectivity index (χ0) is 13.1. The van der Waals surface area contributed by atoms with E-state index in [0.717, 1.165) is 18.2 Å². The highest BCUT2D eigenvalue weighted by Gasteiger charge is 2.40. The van der Waals surface area contributed by atoms with Crippen LogP contribution in [-0.2, 0) is 0 Å². The van der Waals surface area contributed by atoms with E-state index in [-0.39, 0.29) is 0 Å². The standard InChI is InChI=1S/C10H6F5NO/c11-7-1-8(12)3-9(2-7)17-5-6(4-16)10(13,14)15/h1-3,6H,5H2. The van der Waals surface area contributed by atoms with Gasteiger partial charge in [-0.3, -0.25) is 0 Å². The number of ether oxygens (including phenoxy) is 1. The lowest BCUT2D eigenvalue weighted by Crippen LogP contribution is -2.27. The SMILES string of the molecule is N#CC(COc1cc(F)cc(F)c1)C(F)(F)F. The van der Waals surface area contributed by atoms with Gasteiger partial charge in [0.25, 0.3) is 0 Å². The van der Waals surface area contributed by atoms with Crippen molar-refractivity contribution < 1.29 is 26.7 Å². The first-order chi connectivity index (χ1) is 7.82. The van der Waals surface area contributed by atoms with E-state index in [4.69, 9.17) is 5.26 Å². The third-order valence-corrected chi connectivity index (χ3v) is 1.80. The van der Waals surface area contributed by atoms with E-state index in [1.54, 1.807) is 0 Å². The Morgan fingerprint density at radius 1 is 1.18 bits per heavy atom. The van der Waals surface area contributed by atoms with Gasteiger partial charge in [0.2, 0.25) is 0 Å². The summed E-state index contributed by atoms with van der Waals surface area (Å²) in [6, 6.07) is 3.02. The fourth-order valence-corrected chi connectivity index (χ4v) is 0.996. The van der Waals surface area contributed by atoms with Gasteiger partial charge in [-0.15, -0.1) is 0 Å². The van der Waals surface area contributed by atoms with Gasteiger partial charge in [0.15, 0.2) is 5.92 Å². The van der Waals surface area contributed by atoms with Crippen LogP contribution in [0.4, 0.5) is 22.0 Å². The van der Waals surface area contributed by atoms with Crippen LogP contribution in [0.5, 0.6) is 5.75 Å². The molecule has 0 aromatic heterocycles. The number of benzene rings is 1. The molecule has 0 bridgehead atoms. The average Bonchev–Trinajstić information content (AvgIpc) is 2.14. The minimum Gasteiger partial charge on any atom is -0.492 e. The third-order valence-electron chi connectivity index (χ3n) is 1.80. The summed E-state index contributed by atoms with van der Waals surface area (Å²) in [4.78, 5) is 0. The molecule has 1 atom stereocenters. The van der Waals surface area contributed by atoms with Crippen LogP contribution < -0.4 is 4.74 Å². The number of nitrogens with zero attached hydrogens (tertiary/aromatic N) is 1. The second kappa shape index (κ2) is 4.99. The van der Waals surface area contributed by atoms with Gasteiger partial charge in [0.05, 0.1) is 6.07 Å². The Kier molecular flexibility index (Phi) is 3.89. The second-order valence-corrected chi connectivity index (χ2v) is 3.14. The van der Waals surface area contributed by atoms with E-state index in [1.165, 1.54) is 0 Å². The van der Waals surface area contributed by atoms with E-state index < -0.39 is 36.1 Å². The number of hydrogen-bond donors (Lipinski definition) is 0. The van der Waals surface area contributed by atoms with Gasteiger partial charge in [-0.25, -0.2) is 8.78 Å². The number of nitriles is 1. The first-order valence-electron chi connectivity index (χ1n) is 4.38. The summed E-state index contributed by atoms with van der Waals surface area (Å²) in [6.07, 6.45) is -4.74. The minimum atomic E-state index is -4.74. The Bertz CT molecular complexity index is 417. The lowest BCUT2D eigenvalue weighted by molar-refractivity contribution is -0.165. The molecule has 1 rings (SSSR count). The summed E-state index contributed by atoms with van der Waals surface area (Å²) >= 11 is 0. The number of hydrogen-bond acceptors (Lipinski definition) is 2. The molecule has 1 aromatic rings. The summed E-state index contributed by atoms with van der Waals surface area (Å²) in [5, 5.41) is 8.25. The van der Waals surface area contributed by atoms with E-state index in [2.05, 4.69) is 4.74 Å². The lowest BCUT2D eigenvalue weighted by Gasteiger charge is -2.14. The summed E-state index contributed by atoms with van der Waals surface area (Å²) in [5.41, 5.74) is 0. The molecule has 0 aliphatic carbocycles. The van der Waals surface area contributed by atoms with Crippen molar-refractivity contribution in [3.63, 3.8) is 0 Å². The van der Waals surface area contributed by atoms with Gasteiger partial charge in [0, 0.05) is 18.2 Å². The van der Waals surface area contributed by atoms with E-state index >= 15 is 0 Å². The molecule has 0 amide bonds. The van der Waals surface area contributed by atoms with Crippen molar-refractivity contribution in [1.29, 1.82) is 5.26 Å². The molecule has 92 valence electrons. The van der Waals surface area contributed by atoms with Gasteiger partial charge in [0.1, 0.15) is 24.0 Å². The Balaban J connectivity index is 2.70. The van der Waals surface area contributed by atoms with Crippen molar-refractivity contribution in [2.45, 2.75) is 6.18 Å². The van der Waals surface area contributed by atoms with Crippen LogP contribution in [0, 0.1) is 28.9 Å². The van der Waals surface area contributed by atoms with Gasteiger partial charge < -0.3 is 4.74 Å². The van der Waals surface area contributed by atoms with Crippen LogP contribution in [0.3, 0.4) is 0 Å². The molecular weight excluding hydrogens is 245 g/mol. The van der Waals surface area contributed by atoms with Gasteiger partial charge in [-0.1, -0.05) is 0 Å². The number of halogens is 5. The highest BCUT2D eigenvalue weighted by molar-refractivity contribution is 5.23. The van der Waals surface area contributed by atoms with Crippen molar-refractivity contribution in [1.82, 2.24) is 0 Å². The maximum absolute atomic E-state index is 12.7. The summed E-state index contributed by atoms with van der Waals surface area (Å²) in [6.45, 7) is -1.01. The topological polar surface area (TPSA) is 33.0 Å². The zero-order valence-corrected chi connectivity index (χ0v) is 8.26. The van der Waals surface area contributed by atoms with Crippen molar-refractivity contribution in [2.75, 3.05) is 6.61 Å². The largest absolute Gasteiger partial charge is 0.492 e. The monoisotopic (exact) mass is 251 g/mol. The summed E-state index contributed by atoms with van der Waals surface area (Å²) < 4.78 is 66.2. The summed E-state index contributed by atoms with van der Waals surface area (Å²) in [5.74, 6) is -4.68. The van der Waals surface area contributed by atoms with Crippen LogP contribution in [-0.4, -0.2) is 12.8 Å². The highest BCUT2D eigenvalue weighted by Crippen LogP contribution is 2.26. The van der Waals surface area contributed by atoms with Crippen molar-refractivity contribution >= 4 is 0 Å². The molecule has 0 aliphatic heterocycles. The molecular formula is C10H6F5NO. The Morgan fingerprint density at radius 2 is 1.71 bits per heavy atom. The van der Waals surface area contributed by atoms with Crippen molar-refractivity contribution in [3.05, 3.63) is 29.8 Å².